The topological polar surface area (TPSA) is 372 Å². The summed E-state index contributed by atoms with van der Waals surface area (Å²) in [5.41, 5.74) is -8.72. The molecular weight excluding hydrogens is 1080 g/mol. The lowest BCUT2D eigenvalue weighted by atomic mass is 9.74. The molecule has 1 saturated heterocycles. The molecule has 2 aliphatic heterocycles. The number of sulfonamides is 1. The van der Waals surface area contributed by atoms with E-state index in [0.717, 1.165) is 28.4 Å². The SMILES string of the molecule is CN(C(=O)OC(C)(C)C)[C@@H]1[C@@H](O)[C@@H](O[C@@H]2[C@@H](O)[C@H](O[C@H]3OC(CN(C)S(=O)(=O)c4ccccc4[N+](=O)[O-])=CC[C@H]3NC(=O)OC(C)(C)C)[C@@H](NC(=O)OC(C)(C)C)C[C@H]2NC(=O)C2(O)CC(NC(=O)OC(C)(C)C)C2)OC[C@]1(C)O. The molecule has 2 heterocycles. The Balaban J connectivity index is 1.56. The Hall–Kier alpha value is -5.66. The van der Waals surface area contributed by atoms with E-state index in [0.29, 0.717) is 0 Å². The molecule has 4 aliphatic rings. The van der Waals surface area contributed by atoms with Gasteiger partial charge in [-0.2, -0.15) is 4.31 Å². The fraction of sp³-hybridized carbons (Fsp3) is 0.745. The zero-order chi connectivity index (χ0) is 60.5. The number of rotatable bonds is 15. The predicted octanol–water partition coefficient (Wildman–Crippen LogP) is 2.77. The summed E-state index contributed by atoms with van der Waals surface area (Å²) < 4.78 is 75.7. The number of nitro groups is 1. The van der Waals surface area contributed by atoms with Gasteiger partial charge in [-0.15, -0.1) is 0 Å². The van der Waals surface area contributed by atoms with Crippen molar-refractivity contribution in [3.63, 3.8) is 0 Å². The van der Waals surface area contributed by atoms with Crippen molar-refractivity contribution in [2.24, 2.45) is 0 Å². The number of aliphatic hydroxyl groups is 4. The Morgan fingerprint density at radius 1 is 0.738 bits per heavy atom. The van der Waals surface area contributed by atoms with Gasteiger partial charge in [-0.1, -0.05) is 12.1 Å². The molecule has 1 aromatic carbocycles. The number of carbonyl (C=O) groups is 5. The average Bonchev–Trinajstić information content (AvgIpc) is 3.27. The molecule has 0 bridgehead atoms. The fourth-order valence-corrected chi connectivity index (χ4v) is 10.6. The summed E-state index contributed by atoms with van der Waals surface area (Å²) in [6, 6.07) is -1.59. The zero-order valence-corrected chi connectivity index (χ0v) is 48.8. The van der Waals surface area contributed by atoms with E-state index in [2.05, 4.69) is 21.3 Å². The summed E-state index contributed by atoms with van der Waals surface area (Å²) in [6.07, 6.45) is -14.5. The van der Waals surface area contributed by atoms with Crippen molar-refractivity contribution in [1.82, 2.24) is 30.5 Å². The van der Waals surface area contributed by atoms with E-state index in [4.69, 9.17) is 37.9 Å². The van der Waals surface area contributed by atoms with Gasteiger partial charge in [-0.25, -0.2) is 27.6 Å². The Kier molecular flexibility index (Phi) is 19.9. The van der Waals surface area contributed by atoms with Crippen molar-refractivity contribution in [3.05, 3.63) is 46.2 Å². The number of aliphatic hydroxyl groups excluding tert-OH is 2. The van der Waals surface area contributed by atoms with Gasteiger partial charge in [0.1, 0.15) is 63.8 Å². The number of hydrogen-bond donors (Lipinski definition) is 8. The van der Waals surface area contributed by atoms with Gasteiger partial charge in [0.25, 0.3) is 11.6 Å². The van der Waals surface area contributed by atoms with Gasteiger partial charge in [-0.05, 0) is 115 Å². The first-order chi connectivity index (χ1) is 36.5. The van der Waals surface area contributed by atoms with Gasteiger partial charge in [0.05, 0.1) is 42.2 Å². The van der Waals surface area contributed by atoms with Gasteiger partial charge in [-0.3, -0.25) is 14.9 Å². The van der Waals surface area contributed by atoms with E-state index >= 15 is 0 Å². The number of ether oxygens (including phenoxy) is 8. The van der Waals surface area contributed by atoms with E-state index < -0.39 is 176 Å². The smallest absolute Gasteiger partial charge is 0.410 e. The summed E-state index contributed by atoms with van der Waals surface area (Å²) in [5.74, 6) is -1.11. The fourth-order valence-electron chi connectivity index (χ4n) is 9.35. The lowest BCUT2D eigenvalue weighted by Crippen LogP contribution is -2.72. The molecule has 11 atom stereocenters. The number of nitrogens with zero attached hydrogens (tertiary/aromatic N) is 3. The second kappa shape index (κ2) is 24.4. The van der Waals surface area contributed by atoms with Crippen molar-refractivity contribution < 1.29 is 95.6 Å². The Labute approximate surface area is 465 Å². The highest BCUT2D eigenvalue weighted by Crippen LogP contribution is 2.38. The summed E-state index contributed by atoms with van der Waals surface area (Å²) in [4.78, 5) is 78.8. The van der Waals surface area contributed by atoms with E-state index in [9.17, 15) is 62.9 Å². The maximum absolute atomic E-state index is 14.3. The van der Waals surface area contributed by atoms with Gasteiger partial charge in [0.2, 0.25) is 16.3 Å². The maximum atomic E-state index is 14.3. The highest BCUT2D eigenvalue weighted by molar-refractivity contribution is 7.89. The lowest BCUT2D eigenvalue weighted by molar-refractivity contribution is -0.387. The number of alkyl carbamates (subject to hydrolysis) is 3. The molecule has 2 saturated carbocycles. The number of hydrogen-bond acceptors (Lipinski definition) is 21. The summed E-state index contributed by atoms with van der Waals surface area (Å²) in [7, 11) is -2.17. The number of para-hydroxylation sites is 1. The Morgan fingerprint density at radius 2 is 1.23 bits per heavy atom. The molecule has 29 heteroatoms. The Bertz CT molecular complexity index is 2570. The van der Waals surface area contributed by atoms with Crippen LogP contribution < -0.4 is 21.3 Å². The molecule has 1 aromatic rings. The van der Waals surface area contributed by atoms with Crippen molar-refractivity contribution >= 4 is 46.0 Å². The van der Waals surface area contributed by atoms with Crippen molar-refractivity contribution in [3.8, 4) is 0 Å². The first-order valence-electron chi connectivity index (χ1n) is 26.0. The van der Waals surface area contributed by atoms with Crippen LogP contribution in [0.1, 0.15) is 116 Å². The van der Waals surface area contributed by atoms with Gasteiger partial charge in [0, 0.05) is 39.0 Å². The first-order valence-corrected chi connectivity index (χ1v) is 27.5. The molecule has 452 valence electrons. The number of nitrogens with one attached hydrogen (secondary N) is 4. The van der Waals surface area contributed by atoms with Crippen LogP contribution in [0.15, 0.2) is 41.0 Å². The molecular formula is C51H81N7O21S. The molecule has 5 amide bonds. The van der Waals surface area contributed by atoms with E-state index in [-0.39, 0.29) is 25.0 Å². The van der Waals surface area contributed by atoms with Crippen LogP contribution in [0.4, 0.5) is 24.9 Å². The highest BCUT2D eigenvalue weighted by Gasteiger charge is 2.57. The number of benzene rings is 1. The monoisotopic (exact) mass is 1160 g/mol. The molecule has 3 fully saturated rings. The van der Waals surface area contributed by atoms with Crippen LogP contribution >= 0.6 is 0 Å². The van der Waals surface area contributed by atoms with E-state index in [1.807, 2.05) is 0 Å². The van der Waals surface area contributed by atoms with E-state index in [1.54, 1.807) is 83.1 Å². The van der Waals surface area contributed by atoms with Crippen LogP contribution in [0.2, 0.25) is 0 Å². The third-order valence-electron chi connectivity index (χ3n) is 12.8. The van der Waals surface area contributed by atoms with Crippen LogP contribution in [-0.2, 0) is 52.7 Å². The Morgan fingerprint density at radius 3 is 1.75 bits per heavy atom. The van der Waals surface area contributed by atoms with Gasteiger partial charge in [0.15, 0.2) is 11.2 Å². The molecule has 0 unspecified atom stereocenters. The average molecular weight is 1160 g/mol. The first kappa shape index (κ1) is 65.2. The maximum Gasteiger partial charge on any atom is 0.410 e. The molecule has 80 heavy (non-hydrogen) atoms. The largest absolute Gasteiger partial charge is 0.466 e. The van der Waals surface area contributed by atoms with Crippen LogP contribution in [-0.4, -0.2) is 201 Å². The summed E-state index contributed by atoms with van der Waals surface area (Å²) >= 11 is 0. The summed E-state index contributed by atoms with van der Waals surface area (Å²) in [5, 5.41) is 70.5. The third-order valence-corrected chi connectivity index (χ3v) is 14.6. The van der Waals surface area contributed by atoms with Crippen molar-refractivity contribution in [2.45, 2.75) is 221 Å². The highest BCUT2D eigenvalue weighted by atomic mass is 32.2. The molecule has 28 nitrogen and oxygen atoms in total. The second-order valence-corrected chi connectivity index (χ2v) is 26.8. The minimum absolute atomic E-state index is 0.0964. The van der Waals surface area contributed by atoms with Crippen LogP contribution in [0.25, 0.3) is 0 Å². The van der Waals surface area contributed by atoms with Gasteiger partial charge < -0.3 is 84.5 Å². The number of amides is 5. The lowest BCUT2D eigenvalue weighted by Gasteiger charge is -2.51. The molecule has 2 aliphatic carbocycles. The van der Waals surface area contributed by atoms with Crippen LogP contribution in [0.3, 0.4) is 0 Å². The zero-order valence-electron chi connectivity index (χ0n) is 48.0. The second-order valence-electron chi connectivity index (χ2n) is 24.7. The molecule has 5 rings (SSSR count). The number of carbonyl (C=O) groups excluding carboxylic acids is 5. The van der Waals surface area contributed by atoms with E-state index in [1.165, 1.54) is 32.2 Å². The molecule has 0 aromatic heterocycles. The normalized spacial score (nSPS) is 30.2. The van der Waals surface area contributed by atoms with Crippen LogP contribution in [0, 0.1) is 10.1 Å². The molecule has 0 radical (unpaired) electrons. The standard InChI is InChI=1S/C51H81N7O21S/c1-46(2,3)76-42(62)52-27-23-51(67,24-27)41(61)53-30-22-31(55-44(64)78-48(7,8)9)37(34(59)36(30)75-40-35(60)38(50(13,66)26-72-40)57(15)45(65)79-49(10,11)12)74-39-29(54-43(63)77-47(4,5)6)21-20-28(73-39)25-56(14)80(70,71)33-19-17-16-18-32(33)58(68)69/h16-20,27,29-31,34-40,59-60,66-67H,21-26H2,1-15H3,(H,52,62)(H,53,61)(H,54,63)(H,55,64)/t27?,29-,30-,31+,34-,35-,36+,37-,38-,39-,40-,50+,51?/m1/s1. The third kappa shape index (κ3) is 17.2. The van der Waals surface area contributed by atoms with Gasteiger partial charge >= 0.3 is 24.4 Å². The number of nitro benzene ring substituents is 1. The summed E-state index contributed by atoms with van der Waals surface area (Å²) in [6.45, 7) is 19.5. The quantitative estimate of drug-likeness (QED) is 0.0711. The molecule has 0 spiro atoms. The predicted molar refractivity (Wildman–Crippen MR) is 281 cm³/mol. The number of likely N-dealkylation sites (N-methyl/N-ethyl adjacent to an activating group) is 2. The van der Waals surface area contributed by atoms with Crippen molar-refractivity contribution in [1.29, 1.82) is 0 Å². The van der Waals surface area contributed by atoms with Crippen LogP contribution in [0.5, 0.6) is 0 Å². The molecule has 8 N–H and O–H groups in total. The minimum Gasteiger partial charge on any atom is -0.466 e. The minimum atomic E-state index is -4.58. The van der Waals surface area contributed by atoms with Crippen molar-refractivity contribution in [2.75, 3.05) is 27.2 Å².